The van der Waals surface area contributed by atoms with E-state index in [0.29, 0.717) is 33.8 Å². The van der Waals surface area contributed by atoms with E-state index >= 15 is 0 Å². The van der Waals surface area contributed by atoms with Crippen molar-refractivity contribution in [2.45, 2.75) is 58.8 Å². The predicted molar refractivity (Wildman–Crippen MR) is 153 cm³/mol. The Bertz CT molecular complexity index is 1470. The summed E-state index contributed by atoms with van der Waals surface area (Å²) in [4.78, 5) is 4.64. The predicted octanol–water partition coefficient (Wildman–Crippen LogP) is 9.59. The maximum atomic E-state index is 6.40. The number of rotatable bonds is 11. The van der Waals surface area contributed by atoms with Gasteiger partial charge in [-0.25, -0.2) is 0 Å². The van der Waals surface area contributed by atoms with Crippen LogP contribution in [0.25, 0.3) is 45.2 Å². The first-order valence-corrected chi connectivity index (χ1v) is 13.8. The van der Waals surface area contributed by atoms with Crippen LogP contribution in [0.2, 0.25) is 5.02 Å². The molecule has 0 spiro atoms. The third kappa shape index (κ3) is 5.89. The lowest BCUT2D eigenvalue weighted by Crippen LogP contribution is -1.87. The van der Waals surface area contributed by atoms with E-state index in [1.807, 2.05) is 43.3 Å². The second-order valence-electron chi connectivity index (χ2n) is 9.66. The van der Waals surface area contributed by atoms with Crippen LogP contribution in [0.4, 0.5) is 0 Å². The molecule has 0 amide bonds. The molecule has 5 nitrogen and oxygen atoms in total. The van der Waals surface area contributed by atoms with Crippen molar-refractivity contribution >= 4 is 11.6 Å². The fourth-order valence-corrected chi connectivity index (χ4v) is 4.91. The average Bonchev–Trinajstić information content (AvgIpc) is 3.58. The molecule has 0 saturated heterocycles. The molecule has 5 aromatic rings. The van der Waals surface area contributed by atoms with Gasteiger partial charge in [-0.2, -0.15) is 4.98 Å². The van der Waals surface area contributed by atoms with Gasteiger partial charge in [0, 0.05) is 11.1 Å². The SMILES string of the molecule is CCCCCCCCc1ccc(-c2ccc(-c3noc(-c4c(-c5ccccc5Cl)noc4C)n3)cc2)cc1. The molecule has 194 valence electrons. The maximum absolute atomic E-state index is 6.40. The summed E-state index contributed by atoms with van der Waals surface area (Å²) in [7, 11) is 0. The minimum Gasteiger partial charge on any atom is -0.360 e. The van der Waals surface area contributed by atoms with Crippen LogP contribution in [-0.4, -0.2) is 15.3 Å². The van der Waals surface area contributed by atoms with E-state index in [0.717, 1.165) is 23.1 Å². The molecular formula is C32H32ClN3O2. The second kappa shape index (κ2) is 12.2. The van der Waals surface area contributed by atoms with E-state index in [2.05, 4.69) is 58.6 Å². The number of hydrogen-bond donors (Lipinski definition) is 0. The van der Waals surface area contributed by atoms with Gasteiger partial charge in [-0.05, 0) is 42.5 Å². The Kier molecular flexibility index (Phi) is 8.34. The summed E-state index contributed by atoms with van der Waals surface area (Å²) in [5.74, 6) is 1.44. The Morgan fingerprint density at radius 3 is 2.11 bits per heavy atom. The lowest BCUT2D eigenvalue weighted by atomic mass is 10.00. The zero-order valence-electron chi connectivity index (χ0n) is 21.9. The normalized spacial score (nSPS) is 11.2. The number of halogens is 1. The first-order valence-electron chi connectivity index (χ1n) is 13.4. The fraction of sp³-hybridized carbons (Fsp3) is 0.281. The lowest BCUT2D eigenvalue weighted by molar-refractivity contribution is 0.397. The van der Waals surface area contributed by atoms with Crippen molar-refractivity contribution in [3.8, 4) is 45.2 Å². The molecule has 0 bridgehead atoms. The van der Waals surface area contributed by atoms with Crippen molar-refractivity contribution in [2.24, 2.45) is 0 Å². The molecule has 0 aliphatic carbocycles. The molecule has 6 heteroatoms. The highest BCUT2D eigenvalue weighted by Gasteiger charge is 2.23. The molecule has 0 fully saturated rings. The number of unbranched alkanes of at least 4 members (excludes halogenated alkanes) is 5. The Hall–Kier alpha value is -3.70. The van der Waals surface area contributed by atoms with E-state index in [9.17, 15) is 0 Å². The minimum atomic E-state index is 0.346. The number of aromatic nitrogens is 3. The molecule has 2 heterocycles. The average molecular weight is 526 g/mol. The van der Waals surface area contributed by atoms with Crippen molar-refractivity contribution in [3.63, 3.8) is 0 Å². The number of nitrogens with zero attached hydrogens (tertiary/aromatic N) is 3. The summed E-state index contributed by atoms with van der Waals surface area (Å²) in [6, 6.07) is 24.6. The van der Waals surface area contributed by atoms with E-state index in [1.165, 1.54) is 49.7 Å². The van der Waals surface area contributed by atoms with Crippen LogP contribution < -0.4 is 0 Å². The van der Waals surface area contributed by atoms with Crippen LogP contribution in [0.3, 0.4) is 0 Å². The monoisotopic (exact) mass is 525 g/mol. The highest BCUT2D eigenvalue weighted by molar-refractivity contribution is 6.33. The van der Waals surface area contributed by atoms with Crippen molar-refractivity contribution in [2.75, 3.05) is 0 Å². The number of aryl methyl sites for hydroxylation is 2. The zero-order chi connectivity index (χ0) is 26.3. The maximum Gasteiger partial charge on any atom is 0.264 e. The van der Waals surface area contributed by atoms with Crippen molar-refractivity contribution in [3.05, 3.63) is 89.1 Å². The van der Waals surface area contributed by atoms with Crippen LogP contribution in [0.1, 0.15) is 56.8 Å². The van der Waals surface area contributed by atoms with Gasteiger partial charge in [-0.3, -0.25) is 0 Å². The Labute approximate surface area is 228 Å². The van der Waals surface area contributed by atoms with Gasteiger partial charge in [0.2, 0.25) is 5.82 Å². The lowest BCUT2D eigenvalue weighted by Gasteiger charge is -2.06. The third-order valence-electron chi connectivity index (χ3n) is 6.88. The topological polar surface area (TPSA) is 65.0 Å². The zero-order valence-corrected chi connectivity index (χ0v) is 22.7. The van der Waals surface area contributed by atoms with Gasteiger partial charge in [0.15, 0.2) is 0 Å². The second-order valence-corrected chi connectivity index (χ2v) is 10.1. The summed E-state index contributed by atoms with van der Waals surface area (Å²) in [5.41, 5.74) is 6.61. The largest absolute Gasteiger partial charge is 0.360 e. The van der Waals surface area contributed by atoms with Crippen molar-refractivity contribution < 1.29 is 9.05 Å². The molecule has 3 aromatic carbocycles. The summed E-state index contributed by atoms with van der Waals surface area (Å²) in [6.07, 6.45) is 9.09. The van der Waals surface area contributed by atoms with E-state index in [-0.39, 0.29) is 0 Å². The highest BCUT2D eigenvalue weighted by atomic mass is 35.5. The molecule has 0 unspecified atom stereocenters. The summed E-state index contributed by atoms with van der Waals surface area (Å²) in [6.45, 7) is 4.08. The molecule has 0 saturated carbocycles. The minimum absolute atomic E-state index is 0.346. The smallest absolute Gasteiger partial charge is 0.264 e. The molecule has 0 aliphatic heterocycles. The Balaban J connectivity index is 1.27. The summed E-state index contributed by atoms with van der Waals surface area (Å²) >= 11 is 6.40. The molecule has 38 heavy (non-hydrogen) atoms. The van der Waals surface area contributed by atoms with Gasteiger partial charge in [-0.15, -0.1) is 0 Å². The molecule has 0 radical (unpaired) electrons. The molecule has 0 aliphatic rings. The quantitative estimate of drug-likeness (QED) is 0.161. The first kappa shape index (κ1) is 25.9. The standard InChI is InChI=1S/C32H32ClN3O2/c1-3-4-5-6-7-8-11-23-14-16-24(17-15-23)25-18-20-26(21-19-25)31-34-32(38-36-31)29-22(2)37-35-30(29)27-12-9-10-13-28(27)33/h9-10,12-21H,3-8,11H2,1-2H3. The molecular weight excluding hydrogens is 494 g/mol. The molecule has 0 N–H and O–H groups in total. The Morgan fingerprint density at radius 1 is 0.711 bits per heavy atom. The van der Waals surface area contributed by atoms with E-state index in [1.54, 1.807) is 0 Å². The highest BCUT2D eigenvalue weighted by Crippen LogP contribution is 2.37. The van der Waals surface area contributed by atoms with E-state index < -0.39 is 0 Å². The van der Waals surface area contributed by atoms with Gasteiger partial charge in [0.05, 0.1) is 5.02 Å². The van der Waals surface area contributed by atoms with E-state index in [4.69, 9.17) is 20.6 Å². The van der Waals surface area contributed by atoms with Crippen molar-refractivity contribution in [1.29, 1.82) is 0 Å². The van der Waals surface area contributed by atoms with Crippen LogP contribution in [0, 0.1) is 6.92 Å². The number of benzene rings is 3. The van der Waals surface area contributed by atoms with Crippen molar-refractivity contribution in [1.82, 2.24) is 15.3 Å². The van der Waals surface area contributed by atoms with Crippen LogP contribution >= 0.6 is 11.6 Å². The van der Waals surface area contributed by atoms with Crippen LogP contribution in [-0.2, 0) is 6.42 Å². The summed E-state index contributed by atoms with van der Waals surface area (Å²) in [5, 5.41) is 9.00. The fourth-order valence-electron chi connectivity index (χ4n) is 4.69. The molecule has 2 aromatic heterocycles. The number of hydrogen-bond acceptors (Lipinski definition) is 5. The molecule has 5 rings (SSSR count). The van der Waals surface area contributed by atoms with Crippen LogP contribution in [0.5, 0.6) is 0 Å². The summed E-state index contributed by atoms with van der Waals surface area (Å²) < 4.78 is 11.1. The molecule has 0 atom stereocenters. The van der Waals surface area contributed by atoms with Crippen LogP contribution in [0.15, 0.2) is 81.8 Å². The van der Waals surface area contributed by atoms with Gasteiger partial charge in [-0.1, -0.05) is 128 Å². The van der Waals surface area contributed by atoms with Gasteiger partial charge >= 0.3 is 0 Å². The third-order valence-corrected chi connectivity index (χ3v) is 7.21. The van der Waals surface area contributed by atoms with Gasteiger partial charge < -0.3 is 9.05 Å². The Morgan fingerprint density at radius 2 is 1.37 bits per heavy atom. The van der Waals surface area contributed by atoms with Gasteiger partial charge in [0.1, 0.15) is 17.0 Å². The van der Waals surface area contributed by atoms with Gasteiger partial charge in [0.25, 0.3) is 5.89 Å². The first-order chi connectivity index (χ1) is 18.6.